The third-order valence-corrected chi connectivity index (χ3v) is 3.40. The highest BCUT2D eigenvalue weighted by Gasteiger charge is 2.41. The molecule has 0 radical (unpaired) electrons. The standard InChI is InChI=1S/C11H15N3O3S/c1-11(17-4-10(15)16)5-14(6-11)8-3-9(18-2)13-7-12-8/h3,7H,4-6H2,1-2H3,(H,15,16). The van der Waals surface area contributed by atoms with E-state index < -0.39 is 11.6 Å². The molecule has 98 valence electrons. The number of anilines is 1. The smallest absolute Gasteiger partial charge is 0.329 e. The summed E-state index contributed by atoms with van der Waals surface area (Å²) in [7, 11) is 0. The minimum atomic E-state index is -0.943. The third-order valence-electron chi connectivity index (χ3n) is 2.76. The van der Waals surface area contributed by atoms with Crippen LogP contribution in [0, 0.1) is 0 Å². The predicted octanol–water partition coefficient (Wildman–Crippen LogP) is 0.878. The number of nitrogens with zero attached hydrogens (tertiary/aromatic N) is 3. The van der Waals surface area contributed by atoms with Crippen molar-refractivity contribution in [3.8, 4) is 0 Å². The molecule has 1 aromatic rings. The van der Waals surface area contributed by atoms with Crippen molar-refractivity contribution in [2.45, 2.75) is 17.6 Å². The van der Waals surface area contributed by atoms with Gasteiger partial charge in [-0.1, -0.05) is 0 Å². The summed E-state index contributed by atoms with van der Waals surface area (Å²) in [6.07, 6.45) is 3.50. The van der Waals surface area contributed by atoms with Crippen LogP contribution in [0.3, 0.4) is 0 Å². The van der Waals surface area contributed by atoms with Gasteiger partial charge >= 0.3 is 5.97 Å². The van der Waals surface area contributed by atoms with E-state index in [9.17, 15) is 4.79 Å². The van der Waals surface area contributed by atoms with Crippen LogP contribution >= 0.6 is 11.8 Å². The molecular weight excluding hydrogens is 254 g/mol. The average molecular weight is 269 g/mol. The van der Waals surface area contributed by atoms with Gasteiger partial charge in [0.15, 0.2) is 0 Å². The zero-order chi connectivity index (χ0) is 13.2. The highest BCUT2D eigenvalue weighted by atomic mass is 32.2. The van der Waals surface area contributed by atoms with Crippen molar-refractivity contribution < 1.29 is 14.6 Å². The first-order chi connectivity index (χ1) is 8.52. The van der Waals surface area contributed by atoms with Gasteiger partial charge < -0.3 is 14.7 Å². The summed E-state index contributed by atoms with van der Waals surface area (Å²) in [4.78, 5) is 20.8. The van der Waals surface area contributed by atoms with Crippen LogP contribution in [0.15, 0.2) is 17.4 Å². The van der Waals surface area contributed by atoms with Crippen molar-refractivity contribution >= 4 is 23.5 Å². The second kappa shape index (κ2) is 5.11. The fraction of sp³-hybridized carbons (Fsp3) is 0.545. The van der Waals surface area contributed by atoms with E-state index in [4.69, 9.17) is 9.84 Å². The number of aliphatic carboxylic acids is 1. The molecule has 0 spiro atoms. The van der Waals surface area contributed by atoms with Crippen LogP contribution in [-0.2, 0) is 9.53 Å². The molecule has 2 rings (SSSR count). The second-order valence-electron chi connectivity index (χ2n) is 4.41. The van der Waals surface area contributed by atoms with Gasteiger partial charge in [0.2, 0.25) is 0 Å². The largest absolute Gasteiger partial charge is 0.480 e. The summed E-state index contributed by atoms with van der Waals surface area (Å²) in [5, 5.41) is 9.50. The number of ether oxygens (including phenoxy) is 1. The van der Waals surface area contributed by atoms with Crippen LogP contribution in [-0.4, -0.2) is 52.6 Å². The van der Waals surface area contributed by atoms with Crippen LogP contribution < -0.4 is 4.90 Å². The number of rotatable bonds is 5. The maximum absolute atomic E-state index is 10.5. The van der Waals surface area contributed by atoms with Gasteiger partial charge in [-0.15, -0.1) is 11.8 Å². The molecule has 2 heterocycles. The van der Waals surface area contributed by atoms with E-state index in [1.165, 1.54) is 6.33 Å². The van der Waals surface area contributed by atoms with Gasteiger partial charge in [0.25, 0.3) is 0 Å². The topological polar surface area (TPSA) is 75.5 Å². The highest BCUT2D eigenvalue weighted by Crippen LogP contribution is 2.29. The fourth-order valence-corrected chi connectivity index (χ4v) is 2.24. The fourth-order valence-electron chi connectivity index (χ4n) is 1.86. The van der Waals surface area contributed by atoms with Crippen LogP contribution in [0.5, 0.6) is 0 Å². The van der Waals surface area contributed by atoms with Gasteiger partial charge in [-0.3, -0.25) is 0 Å². The Hall–Kier alpha value is -1.34. The molecule has 18 heavy (non-hydrogen) atoms. The first-order valence-electron chi connectivity index (χ1n) is 5.49. The van der Waals surface area contributed by atoms with E-state index in [-0.39, 0.29) is 6.61 Å². The minimum absolute atomic E-state index is 0.260. The van der Waals surface area contributed by atoms with Crippen LogP contribution in [0.1, 0.15) is 6.92 Å². The molecular formula is C11H15N3O3S. The summed E-state index contributed by atoms with van der Waals surface area (Å²) < 4.78 is 5.35. The number of aromatic nitrogens is 2. The number of carboxylic acids is 1. The average Bonchev–Trinajstić information content (AvgIpc) is 2.33. The van der Waals surface area contributed by atoms with Crippen molar-refractivity contribution in [3.05, 3.63) is 12.4 Å². The summed E-state index contributed by atoms with van der Waals surface area (Å²) in [5.74, 6) is -0.0906. The second-order valence-corrected chi connectivity index (χ2v) is 5.23. The van der Waals surface area contributed by atoms with Crippen LogP contribution in [0.25, 0.3) is 0 Å². The zero-order valence-corrected chi connectivity index (χ0v) is 11.1. The van der Waals surface area contributed by atoms with E-state index in [1.54, 1.807) is 11.8 Å². The van der Waals surface area contributed by atoms with Gasteiger partial charge in [0.1, 0.15) is 29.4 Å². The molecule has 0 atom stereocenters. The third kappa shape index (κ3) is 2.91. The predicted molar refractivity (Wildman–Crippen MR) is 68.0 cm³/mol. The molecule has 1 N–H and O–H groups in total. The Morgan fingerprint density at radius 1 is 1.61 bits per heavy atom. The van der Waals surface area contributed by atoms with Gasteiger partial charge in [-0.2, -0.15) is 0 Å². The Balaban J connectivity index is 1.93. The molecule has 6 nitrogen and oxygen atoms in total. The molecule has 0 bridgehead atoms. The lowest BCUT2D eigenvalue weighted by atomic mass is 9.96. The molecule has 1 fully saturated rings. The lowest BCUT2D eigenvalue weighted by Crippen LogP contribution is -2.62. The lowest BCUT2D eigenvalue weighted by molar-refractivity contribution is -0.150. The highest BCUT2D eigenvalue weighted by molar-refractivity contribution is 7.98. The van der Waals surface area contributed by atoms with Gasteiger partial charge in [0, 0.05) is 19.2 Å². The lowest BCUT2D eigenvalue weighted by Gasteiger charge is -2.47. The number of carboxylic acid groups (broad SMARTS) is 1. The van der Waals surface area contributed by atoms with Crippen LogP contribution in [0.2, 0.25) is 0 Å². The molecule has 1 aromatic heterocycles. The summed E-state index contributed by atoms with van der Waals surface area (Å²) in [6.45, 7) is 2.93. The summed E-state index contributed by atoms with van der Waals surface area (Å²) in [5.41, 5.74) is -0.400. The van der Waals surface area contributed by atoms with E-state index in [2.05, 4.69) is 9.97 Å². The molecule has 1 aliphatic rings. The minimum Gasteiger partial charge on any atom is -0.480 e. The number of hydrogen-bond acceptors (Lipinski definition) is 6. The molecule has 1 aliphatic heterocycles. The molecule has 0 saturated carbocycles. The maximum Gasteiger partial charge on any atom is 0.329 e. The SMILES string of the molecule is CSc1cc(N2CC(C)(OCC(=O)O)C2)ncn1. The number of thioether (sulfide) groups is 1. The van der Waals surface area contributed by atoms with Crippen molar-refractivity contribution in [2.75, 3.05) is 30.9 Å². The van der Waals surface area contributed by atoms with E-state index >= 15 is 0 Å². The molecule has 7 heteroatoms. The summed E-state index contributed by atoms with van der Waals surface area (Å²) in [6, 6.07) is 1.92. The van der Waals surface area contributed by atoms with Crippen molar-refractivity contribution in [1.82, 2.24) is 9.97 Å². The first-order valence-corrected chi connectivity index (χ1v) is 6.72. The quantitative estimate of drug-likeness (QED) is 0.628. The van der Waals surface area contributed by atoms with Gasteiger partial charge in [0.05, 0.1) is 0 Å². The molecule has 0 unspecified atom stereocenters. The van der Waals surface area contributed by atoms with E-state index in [1.807, 2.05) is 24.1 Å². The van der Waals surface area contributed by atoms with Crippen molar-refractivity contribution in [3.63, 3.8) is 0 Å². The van der Waals surface area contributed by atoms with Gasteiger partial charge in [-0.25, -0.2) is 14.8 Å². The number of carbonyl (C=O) groups is 1. The first kappa shape index (κ1) is 13.1. The Labute approximate surface area is 109 Å². The van der Waals surface area contributed by atoms with Crippen LogP contribution in [0.4, 0.5) is 5.82 Å². The van der Waals surface area contributed by atoms with E-state index in [0.29, 0.717) is 13.1 Å². The Morgan fingerprint density at radius 2 is 2.33 bits per heavy atom. The van der Waals surface area contributed by atoms with Crippen molar-refractivity contribution in [2.24, 2.45) is 0 Å². The molecule has 0 aliphatic carbocycles. The Bertz CT molecular complexity index is 449. The van der Waals surface area contributed by atoms with Crippen molar-refractivity contribution in [1.29, 1.82) is 0 Å². The summed E-state index contributed by atoms with van der Waals surface area (Å²) >= 11 is 1.56. The van der Waals surface area contributed by atoms with Gasteiger partial charge in [-0.05, 0) is 13.2 Å². The monoisotopic (exact) mass is 269 g/mol. The molecule has 0 aromatic carbocycles. The normalized spacial score (nSPS) is 17.3. The number of hydrogen-bond donors (Lipinski definition) is 1. The maximum atomic E-state index is 10.5. The molecule has 1 saturated heterocycles. The zero-order valence-electron chi connectivity index (χ0n) is 10.3. The Kier molecular flexibility index (Phi) is 3.72. The Morgan fingerprint density at radius 3 is 2.94 bits per heavy atom. The van der Waals surface area contributed by atoms with E-state index in [0.717, 1.165) is 10.8 Å². The molecule has 0 amide bonds.